The fourth-order valence-electron chi connectivity index (χ4n) is 2.78. The van der Waals surface area contributed by atoms with Gasteiger partial charge in [-0.15, -0.1) is 0 Å². The van der Waals surface area contributed by atoms with Crippen LogP contribution < -0.4 is 5.32 Å². The quantitative estimate of drug-likeness (QED) is 0.878. The minimum absolute atomic E-state index is 0.00807. The fraction of sp³-hybridized carbons (Fsp3) is 0.375. The average molecular weight is 339 g/mol. The van der Waals surface area contributed by atoms with Gasteiger partial charge in [-0.25, -0.2) is 0 Å². The van der Waals surface area contributed by atoms with E-state index in [0.717, 1.165) is 11.8 Å². The molecule has 1 aromatic carbocycles. The van der Waals surface area contributed by atoms with E-state index < -0.39 is 17.7 Å². The maximum absolute atomic E-state index is 12.9. The minimum atomic E-state index is -4.44. The van der Waals surface area contributed by atoms with Gasteiger partial charge in [0.2, 0.25) is 0 Å². The summed E-state index contributed by atoms with van der Waals surface area (Å²) in [6, 6.07) is 7.11. The van der Waals surface area contributed by atoms with Gasteiger partial charge in [0, 0.05) is 12.7 Å². The summed E-state index contributed by atoms with van der Waals surface area (Å²) >= 11 is 0. The number of carboxylic acids is 1. The van der Waals surface area contributed by atoms with Crippen molar-refractivity contribution in [1.29, 1.82) is 0 Å². The number of carbonyl (C=O) groups is 1. The van der Waals surface area contributed by atoms with Gasteiger partial charge in [0.05, 0.1) is 29.9 Å². The zero-order valence-corrected chi connectivity index (χ0v) is 12.8. The molecule has 1 aliphatic rings. The molecule has 5 nitrogen and oxygen atoms in total. The van der Waals surface area contributed by atoms with Gasteiger partial charge in [0.1, 0.15) is 0 Å². The Hall–Kier alpha value is -2.51. The number of nitrogens with zero attached hydrogens (tertiary/aromatic N) is 2. The fourth-order valence-corrected chi connectivity index (χ4v) is 2.78. The van der Waals surface area contributed by atoms with E-state index >= 15 is 0 Å². The van der Waals surface area contributed by atoms with Gasteiger partial charge < -0.3 is 10.4 Å². The first-order valence-corrected chi connectivity index (χ1v) is 7.42. The van der Waals surface area contributed by atoms with Crippen LogP contribution in [0.3, 0.4) is 0 Å². The van der Waals surface area contributed by atoms with E-state index in [0.29, 0.717) is 12.1 Å². The Kier molecular flexibility index (Phi) is 3.98. The van der Waals surface area contributed by atoms with Gasteiger partial charge >= 0.3 is 12.1 Å². The summed E-state index contributed by atoms with van der Waals surface area (Å²) in [7, 11) is 1.47. The second-order valence-corrected chi connectivity index (χ2v) is 5.89. The van der Waals surface area contributed by atoms with Crippen LogP contribution in [0.5, 0.6) is 0 Å². The molecule has 1 aromatic heterocycles. The first-order valence-electron chi connectivity index (χ1n) is 7.42. The Balaban J connectivity index is 1.66. The van der Waals surface area contributed by atoms with E-state index in [1.807, 2.05) is 12.1 Å². The number of hydrogen-bond acceptors (Lipinski definition) is 3. The summed E-state index contributed by atoms with van der Waals surface area (Å²) < 4.78 is 39.9. The molecule has 128 valence electrons. The van der Waals surface area contributed by atoms with Gasteiger partial charge in [0.25, 0.3) is 0 Å². The lowest BCUT2D eigenvalue weighted by Gasteiger charge is -2.11. The third-order valence-corrected chi connectivity index (χ3v) is 4.27. The Morgan fingerprint density at radius 1 is 1.38 bits per heavy atom. The van der Waals surface area contributed by atoms with Gasteiger partial charge in [-0.3, -0.25) is 9.48 Å². The predicted molar refractivity (Wildman–Crippen MR) is 80.5 cm³/mol. The van der Waals surface area contributed by atoms with Crippen LogP contribution in [-0.2, 0) is 24.6 Å². The number of anilines is 1. The van der Waals surface area contributed by atoms with Crippen LogP contribution in [0.2, 0.25) is 0 Å². The summed E-state index contributed by atoms with van der Waals surface area (Å²) in [6.07, 6.45) is -2.99. The third-order valence-electron chi connectivity index (χ3n) is 4.27. The lowest BCUT2D eigenvalue weighted by Crippen LogP contribution is -2.13. The number of rotatable bonds is 5. The van der Waals surface area contributed by atoms with Crippen LogP contribution in [0.15, 0.2) is 30.5 Å². The predicted octanol–water partition coefficient (Wildman–Crippen LogP) is 3.24. The summed E-state index contributed by atoms with van der Waals surface area (Å²) in [5.74, 6) is -1.09. The molecule has 1 aliphatic carbocycles. The number of hydrogen-bond donors (Lipinski definition) is 2. The van der Waals surface area contributed by atoms with Crippen molar-refractivity contribution in [3.05, 3.63) is 47.3 Å². The molecule has 0 amide bonds. The molecule has 1 saturated carbocycles. The molecule has 0 radical (unpaired) electrons. The SMILES string of the molecule is Cn1ncc(C(F)(F)F)c1CNc1ccc([C@@H]2C[C@H]2C(=O)O)cc1. The molecular weight excluding hydrogens is 323 g/mol. The number of aromatic nitrogens is 2. The van der Waals surface area contributed by atoms with Crippen molar-refractivity contribution >= 4 is 11.7 Å². The first kappa shape index (κ1) is 16.4. The molecule has 1 heterocycles. The maximum Gasteiger partial charge on any atom is 0.419 e. The highest BCUT2D eigenvalue weighted by atomic mass is 19.4. The molecule has 0 bridgehead atoms. The maximum atomic E-state index is 12.9. The van der Waals surface area contributed by atoms with E-state index in [1.165, 1.54) is 11.7 Å². The lowest BCUT2D eigenvalue weighted by molar-refractivity contribution is -0.139. The van der Waals surface area contributed by atoms with Gasteiger partial charge in [0.15, 0.2) is 0 Å². The number of alkyl halides is 3. The standard InChI is InChI=1S/C16H16F3N3O2/c1-22-14(13(7-21-22)16(17,18)19)8-20-10-4-2-9(3-5-10)11-6-12(11)15(23)24/h2-5,7,11-12,20H,6,8H2,1H3,(H,23,24)/t11-,12+/m0/s1. The molecule has 2 atom stereocenters. The van der Waals surface area contributed by atoms with Crippen molar-refractivity contribution in [3.63, 3.8) is 0 Å². The molecule has 24 heavy (non-hydrogen) atoms. The molecule has 1 fully saturated rings. The summed E-state index contributed by atoms with van der Waals surface area (Å²) in [5, 5.41) is 15.5. The van der Waals surface area contributed by atoms with Crippen LogP contribution in [0.25, 0.3) is 0 Å². The highest BCUT2D eigenvalue weighted by molar-refractivity contribution is 5.75. The van der Waals surface area contributed by atoms with Crippen molar-refractivity contribution < 1.29 is 23.1 Å². The molecule has 3 rings (SSSR count). The molecule has 2 N–H and O–H groups in total. The van der Waals surface area contributed by atoms with Gasteiger partial charge in [-0.2, -0.15) is 18.3 Å². The Bertz CT molecular complexity index is 753. The highest BCUT2D eigenvalue weighted by Crippen LogP contribution is 2.47. The largest absolute Gasteiger partial charge is 0.481 e. The molecule has 0 aliphatic heterocycles. The Morgan fingerprint density at radius 2 is 2.04 bits per heavy atom. The summed E-state index contributed by atoms with van der Waals surface area (Å²) in [5.41, 5.74) is 0.904. The molecule has 0 spiro atoms. The van der Waals surface area contributed by atoms with Gasteiger partial charge in [-0.05, 0) is 30.0 Å². The second-order valence-electron chi connectivity index (χ2n) is 5.89. The number of carboxylic acid groups (broad SMARTS) is 1. The van der Waals surface area contributed by atoms with E-state index in [9.17, 15) is 18.0 Å². The molecule has 8 heteroatoms. The number of nitrogens with one attached hydrogen (secondary N) is 1. The zero-order chi connectivity index (χ0) is 17.5. The topological polar surface area (TPSA) is 67.2 Å². The monoisotopic (exact) mass is 339 g/mol. The molecule has 2 aromatic rings. The molecular formula is C16H16F3N3O2. The number of aryl methyl sites for hydroxylation is 1. The van der Waals surface area contributed by atoms with E-state index in [-0.39, 0.29) is 24.1 Å². The van der Waals surface area contributed by atoms with Crippen LogP contribution in [0.4, 0.5) is 18.9 Å². The van der Waals surface area contributed by atoms with Crippen molar-refractivity contribution in [2.24, 2.45) is 13.0 Å². The number of halogens is 3. The third kappa shape index (κ3) is 3.22. The summed E-state index contributed by atoms with van der Waals surface area (Å²) in [4.78, 5) is 10.9. The average Bonchev–Trinajstić information content (AvgIpc) is 3.22. The Labute approximate surface area is 136 Å². The first-order chi connectivity index (χ1) is 11.3. The van der Waals surface area contributed by atoms with Crippen LogP contribution >= 0.6 is 0 Å². The van der Waals surface area contributed by atoms with E-state index in [2.05, 4.69) is 10.4 Å². The van der Waals surface area contributed by atoms with Crippen molar-refractivity contribution in [2.45, 2.75) is 25.1 Å². The number of aliphatic carboxylic acids is 1. The minimum Gasteiger partial charge on any atom is -0.481 e. The van der Waals surface area contributed by atoms with Crippen molar-refractivity contribution in [3.8, 4) is 0 Å². The Morgan fingerprint density at radius 3 is 2.58 bits per heavy atom. The van der Waals surface area contributed by atoms with E-state index in [4.69, 9.17) is 5.11 Å². The second kappa shape index (κ2) is 5.85. The lowest BCUT2D eigenvalue weighted by atomic mass is 10.1. The number of benzene rings is 1. The van der Waals surface area contributed by atoms with Crippen molar-refractivity contribution in [2.75, 3.05) is 5.32 Å². The smallest absolute Gasteiger partial charge is 0.419 e. The van der Waals surface area contributed by atoms with E-state index in [1.54, 1.807) is 12.1 Å². The highest BCUT2D eigenvalue weighted by Gasteiger charge is 2.44. The molecule has 0 unspecified atom stereocenters. The van der Waals surface area contributed by atoms with Crippen molar-refractivity contribution in [1.82, 2.24) is 9.78 Å². The van der Waals surface area contributed by atoms with Crippen LogP contribution in [0, 0.1) is 5.92 Å². The summed E-state index contributed by atoms with van der Waals surface area (Å²) in [6.45, 7) is -0.00807. The zero-order valence-electron chi connectivity index (χ0n) is 12.8. The van der Waals surface area contributed by atoms with Gasteiger partial charge in [-0.1, -0.05) is 12.1 Å². The normalized spacial score (nSPS) is 20.0. The van der Waals surface area contributed by atoms with Crippen LogP contribution in [-0.4, -0.2) is 20.9 Å². The van der Waals surface area contributed by atoms with Crippen LogP contribution in [0.1, 0.15) is 29.2 Å². The molecule has 0 saturated heterocycles.